The molecule has 1 aromatic carbocycles. The number of amides is 1. The van der Waals surface area contributed by atoms with Crippen LogP contribution in [-0.2, 0) is 9.59 Å². The molecule has 1 aliphatic rings. The van der Waals surface area contributed by atoms with E-state index in [1.165, 1.54) is 13.0 Å². The zero-order chi connectivity index (χ0) is 14.7. The lowest BCUT2D eigenvalue weighted by atomic mass is 10.0. The van der Waals surface area contributed by atoms with E-state index in [2.05, 4.69) is 5.32 Å². The Kier molecular flexibility index (Phi) is 4.22. The van der Waals surface area contributed by atoms with Gasteiger partial charge in [0.25, 0.3) is 0 Å². The van der Waals surface area contributed by atoms with Crippen molar-refractivity contribution in [2.75, 3.05) is 6.61 Å². The quantitative estimate of drug-likeness (QED) is 0.829. The summed E-state index contributed by atoms with van der Waals surface area (Å²) in [6, 6.07) is 4.09. The van der Waals surface area contributed by atoms with Crippen LogP contribution in [0.4, 0.5) is 4.39 Å². The fourth-order valence-corrected chi connectivity index (χ4v) is 2.13. The van der Waals surface area contributed by atoms with Crippen LogP contribution in [0, 0.1) is 11.7 Å². The van der Waals surface area contributed by atoms with Crippen molar-refractivity contribution >= 4 is 11.9 Å². The Morgan fingerprint density at radius 3 is 2.95 bits per heavy atom. The van der Waals surface area contributed by atoms with Gasteiger partial charge in [-0.15, -0.1) is 0 Å². The first-order chi connectivity index (χ1) is 9.50. The summed E-state index contributed by atoms with van der Waals surface area (Å²) in [6.07, 6.45) is 1.23. The number of benzene rings is 1. The molecular weight excluding hydrogens is 265 g/mol. The van der Waals surface area contributed by atoms with E-state index in [4.69, 9.17) is 9.84 Å². The summed E-state index contributed by atoms with van der Waals surface area (Å²) in [7, 11) is 0. The highest BCUT2D eigenvalue weighted by molar-refractivity contribution is 5.96. The molecule has 2 unspecified atom stereocenters. The molecule has 0 saturated carbocycles. The van der Waals surface area contributed by atoms with Crippen LogP contribution in [0.15, 0.2) is 18.2 Å². The number of rotatable bonds is 3. The van der Waals surface area contributed by atoms with Crippen LogP contribution in [-0.4, -0.2) is 23.6 Å². The summed E-state index contributed by atoms with van der Waals surface area (Å²) in [6.45, 7) is 1.69. The second-order valence-corrected chi connectivity index (χ2v) is 4.77. The zero-order valence-electron chi connectivity index (χ0n) is 11.1. The molecule has 0 bridgehead atoms. The number of fused-ring (bicyclic) bond motifs is 1. The van der Waals surface area contributed by atoms with Crippen molar-refractivity contribution in [2.45, 2.75) is 25.8 Å². The Morgan fingerprint density at radius 1 is 1.50 bits per heavy atom. The molecule has 1 amide bonds. The van der Waals surface area contributed by atoms with E-state index in [1.54, 1.807) is 12.1 Å². The molecule has 6 heteroatoms. The zero-order valence-corrected chi connectivity index (χ0v) is 11.1. The largest absolute Gasteiger partial charge is 0.490 e. The van der Waals surface area contributed by atoms with Gasteiger partial charge in [-0.1, -0.05) is 12.1 Å². The molecule has 0 radical (unpaired) electrons. The summed E-state index contributed by atoms with van der Waals surface area (Å²) >= 11 is 0. The normalized spacial score (nSPS) is 19.2. The van der Waals surface area contributed by atoms with Crippen LogP contribution < -0.4 is 10.1 Å². The van der Waals surface area contributed by atoms with Gasteiger partial charge in [0.2, 0.25) is 5.91 Å². The van der Waals surface area contributed by atoms with E-state index < -0.39 is 29.7 Å². The fraction of sp³-hybridized carbons (Fsp3) is 0.429. The minimum absolute atomic E-state index is 0.137. The maximum Gasteiger partial charge on any atom is 0.315 e. The molecule has 0 saturated heterocycles. The van der Waals surface area contributed by atoms with Gasteiger partial charge in [-0.05, 0) is 25.8 Å². The minimum Gasteiger partial charge on any atom is -0.490 e. The third kappa shape index (κ3) is 2.89. The number of carbonyl (C=O) groups is 2. The molecule has 108 valence electrons. The molecule has 20 heavy (non-hydrogen) atoms. The molecule has 1 aliphatic heterocycles. The maximum atomic E-state index is 13.7. The van der Waals surface area contributed by atoms with E-state index >= 15 is 0 Å². The summed E-state index contributed by atoms with van der Waals surface area (Å²) < 4.78 is 19.1. The minimum atomic E-state index is -1.19. The van der Waals surface area contributed by atoms with Gasteiger partial charge >= 0.3 is 5.97 Å². The van der Waals surface area contributed by atoms with Crippen LogP contribution in [0.3, 0.4) is 0 Å². The number of ether oxygens (including phenoxy) is 1. The second-order valence-electron chi connectivity index (χ2n) is 4.77. The third-order valence-corrected chi connectivity index (χ3v) is 3.34. The van der Waals surface area contributed by atoms with E-state index in [1.807, 2.05) is 0 Å². The molecule has 5 nitrogen and oxygen atoms in total. The molecule has 1 heterocycles. The molecule has 0 aliphatic carbocycles. The average Bonchev–Trinajstić information content (AvgIpc) is 2.61. The number of halogens is 1. The highest BCUT2D eigenvalue weighted by atomic mass is 19.1. The molecule has 0 spiro atoms. The Labute approximate surface area is 115 Å². The van der Waals surface area contributed by atoms with Crippen LogP contribution in [0.2, 0.25) is 0 Å². The first kappa shape index (κ1) is 14.3. The van der Waals surface area contributed by atoms with Gasteiger partial charge in [0, 0.05) is 5.56 Å². The first-order valence-electron chi connectivity index (χ1n) is 6.45. The van der Waals surface area contributed by atoms with Gasteiger partial charge in [-0.3, -0.25) is 9.59 Å². The number of hydrogen-bond acceptors (Lipinski definition) is 3. The number of carboxylic acids is 1. The summed E-state index contributed by atoms with van der Waals surface area (Å²) in [5.74, 6) is -3.25. The van der Waals surface area contributed by atoms with Crippen molar-refractivity contribution < 1.29 is 23.8 Å². The van der Waals surface area contributed by atoms with Crippen molar-refractivity contribution in [1.29, 1.82) is 0 Å². The molecule has 2 N–H and O–H groups in total. The van der Waals surface area contributed by atoms with Crippen LogP contribution in [0.1, 0.15) is 31.4 Å². The summed E-state index contributed by atoms with van der Waals surface area (Å²) in [4.78, 5) is 22.6. The Hall–Kier alpha value is -2.11. The predicted molar refractivity (Wildman–Crippen MR) is 68.8 cm³/mol. The van der Waals surface area contributed by atoms with Crippen LogP contribution in [0.25, 0.3) is 0 Å². The molecule has 2 rings (SSSR count). The fourth-order valence-electron chi connectivity index (χ4n) is 2.13. The summed E-state index contributed by atoms with van der Waals surface area (Å²) in [5.41, 5.74) is 0.549. The number of carboxylic acid groups (broad SMARTS) is 1. The lowest BCUT2D eigenvalue weighted by molar-refractivity contribution is -0.146. The van der Waals surface area contributed by atoms with Gasteiger partial charge in [0.1, 0.15) is 5.92 Å². The van der Waals surface area contributed by atoms with Crippen molar-refractivity contribution in [3.8, 4) is 5.75 Å². The number of carbonyl (C=O) groups excluding carboxylic acids is 1. The average molecular weight is 281 g/mol. The van der Waals surface area contributed by atoms with E-state index in [-0.39, 0.29) is 5.75 Å². The van der Waals surface area contributed by atoms with E-state index in [0.717, 1.165) is 0 Å². The summed E-state index contributed by atoms with van der Waals surface area (Å²) in [5, 5.41) is 11.5. The lowest BCUT2D eigenvalue weighted by Gasteiger charge is -2.19. The Morgan fingerprint density at radius 2 is 2.25 bits per heavy atom. The standard InChI is InChI=1S/C14H16FNO4/c1-8(14(18)19)13(17)16-11-6-3-7-20-12-9(11)4-2-5-10(12)15/h2,4-5,8,11H,3,6-7H2,1H3,(H,16,17)(H,18,19). The van der Waals surface area contributed by atoms with Crippen molar-refractivity contribution in [2.24, 2.45) is 5.92 Å². The highest BCUT2D eigenvalue weighted by Gasteiger charge is 2.27. The number of hydrogen-bond donors (Lipinski definition) is 2. The maximum absolute atomic E-state index is 13.7. The van der Waals surface area contributed by atoms with Crippen molar-refractivity contribution in [3.05, 3.63) is 29.6 Å². The van der Waals surface area contributed by atoms with Gasteiger partial charge in [0.05, 0.1) is 12.6 Å². The molecule has 1 aromatic rings. The number of aliphatic carboxylic acids is 1. The lowest BCUT2D eigenvalue weighted by Crippen LogP contribution is -2.36. The first-order valence-corrected chi connectivity index (χ1v) is 6.45. The van der Waals surface area contributed by atoms with Crippen molar-refractivity contribution in [3.63, 3.8) is 0 Å². The smallest absolute Gasteiger partial charge is 0.315 e. The van der Waals surface area contributed by atoms with Gasteiger partial charge in [-0.25, -0.2) is 4.39 Å². The monoisotopic (exact) mass is 281 g/mol. The van der Waals surface area contributed by atoms with Gasteiger partial charge in [-0.2, -0.15) is 0 Å². The molecule has 0 aromatic heterocycles. The molecule has 2 atom stereocenters. The van der Waals surface area contributed by atoms with Gasteiger partial charge < -0.3 is 15.2 Å². The number of para-hydroxylation sites is 1. The Balaban J connectivity index is 2.23. The van der Waals surface area contributed by atoms with Gasteiger partial charge in [0.15, 0.2) is 11.6 Å². The second kappa shape index (κ2) is 5.90. The third-order valence-electron chi connectivity index (χ3n) is 3.34. The van der Waals surface area contributed by atoms with E-state index in [9.17, 15) is 14.0 Å². The van der Waals surface area contributed by atoms with Crippen LogP contribution >= 0.6 is 0 Å². The predicted octanol–water partition coefficient (Wildman–Crippen LogP) is 1.88. The Bertz CT molecular complexity index is 532. The SMILES string of the molecule is CC(C(=O)O)C(=O)NC1CCCOc2c(F)cccc21. The van der Waals surface area contributed by atoms with E-state index in [0.29, 0.717) is 25.0 Å². The van der Waals surface area contributed by atoms with Crippen LogP contribution in [0.5, 0.6) is 5.75 Å². The van der Waals surface area contributed by atoms with Crippen molar-refractivity contribution in [1.82, 2.24) is 5.32 Å². The topological polar surface area (TPSA) is 75.6 Å². The number of nitrogens with one attached hydrogen (secondary N) is 1. The highest BCUT2D eigenvalue weighted by Crippen LogP contribution is 2.33. The molecular formula is C14H16FNO4. The molecule has 0 fully saturated rings.